The molecule has 1 atom stereocenters. The normalized spacial score (nSPS) is 11.4. The van der Waals surface area contributed by atoms with Crippen molar-refractivity contribution in [1.29, 1.82) is 5.26 Å². The van der Waals surface area contributed by atoms with Crippen molar-refractivity contribution in [3.63, 3.8) is 0 Å². The highest BCUT2D eigenvalue weighted by molar-refractivity contribution is 5.96. The fourth-order valence-corrected chi connectivity index (χ4v) is 4.15. The Morgan fingerprint density at radius 1 is 0.974 bits per heavy atom. The van der Waals surface area contributed by atoms with Gasteiger partial charge in [-0.05, 0) is 71.8 Å². The van der Waals surface area contributed by atoms with E-state index in [1.54, 1.807) is 37.4 Å². The Kier molecular flexibility index (Phi) is 10.3. The van der Waals surface area contributed by atoms with Crippen LogP contribution in [0.25, 0.3) is 0 Å². The summed E-state index contributed by atoms with van der Waals surface area (Å²) in [5.41, 5.74) is 3.49. The summed E-state index contributed by atoms with van der Waals surface area (Å²) in [6.07, 6.45) is 1.28. The molecule has 7 heteroatoms. The van der Waals surface area contributed by atoms with Crippen LogP contribution in [0.15, 0.2) is 66.7 Å². The molecule has 0 bridgehead atoms. The smallest absolute Gasteiger partial charge is 0.305 e. The number of rotatable bonds is 12. The van der Waals surface area contributed by atoms with Crippen molar-refractivity contribution in [1.82, 2.24) is 5.32 Å². The van der Waals surface area contributed by atoms with Gasteiger partial charge in [-0.25, -0.2) is 0 Å². The number of amides is 1. The van der Waals surface area contributed by atoms with E-state index in [-0.39, 0.29) is 30.9 Å². The number of benzene rings is 3. The summed E-state index contributed by atoms with van der Waals surface area (Å²) in [6.45, 7) is 4.44. The molecule has 0 radical (unpaired) electrons. The Labute approximate surface area is 224 Å². The lowest BCUT2D eigenvalue weighted by molar-refractivity contribution is -0.140. The number of aryl methyl sites for hydroxylation is 1. The van der Waals surface area contributed by atoms with E-state index >= 15 is 0 Å². The molecule has 0 saturated carbocycles. The van der Waals surface area contributed by atoms with Crippen LogP contribution in [0.5, 0.6) is 11.5 Å². The van der Waals surface area contributed by atoms with E-state index in [9.17, 15) is 9.59 Å². The van der Waals surface area contributed by atoms with Crippen LogP contribution in [-0.2, 0) is 22.6 Å². The van der Waals surface area contributed by atoms with Gasteiger partial charge in [-0.3, -0.25) is 9.59 Å². The van der Waals surface area contributed by atoms with Crippen LogP contribution in [0.2, 0.25) is 0 Å². The number of hydrogen-bond acceptors (Lipinski definition) is 6. The molecule has 0 aromatic heterocycles. The minimum atomic E-state index is -0.338. The summed E-state index contributed by atoms with van der Waals surface area (Å²) in [5, 5.41) is 12.3. The maximum absolute atomic E-state index is 13.7. The summed E-state index contributed by atoms with van der Waals surface area (Å²) in [6, 6.07) is 22.0. The minimum absolute atomic E-state index is 0.166. The average Bonchev–Trinajstić information content (AvgIpc) is 2.94. The van der Waals surface area contributed by atoms with E-state index < -0.39 is 0 Å². The summed E-state index contributed by atoms with van der Waals surface area (Å²) >= 11 is 0. The van der Waals surface area contributed by atoms with Gasteiger partial charge in [0.1, 0.15) is 18.1 Å². The van der Waals surface area contributed by atoms with Crippen molar-refractivity contribution in [3.05, 3.63) is 94.5 Å². The van der Waals surface area contributed by atoms with E-state index in [1.807, 2.05) is 36.4 Å². The van der Waals surface area contributed by atoms with Gasteiger partial charge < -0.3 is 19.5 Å². The molecule has 3 aromatic carbocycles. The predicted molar refractivity (Wildman–Crippen MR) is 145 cm³/mol. The summed E-state index contributed by atoms with van der Waals surface area (Å²) in [7, 11) is 2.97. The zero-order chi connectivity index (χ0) is 27.5. The van der Waals surface area contributed by atoms with Crippen LogP contribution in [0.4, 0.5) is 0 Å². The molecule has 1 N–H and O–H groups in total. The first-order chi connectivity index (χ1) is 18.3. The highest BCUT2D eigenvalue weighted by atomic mass is 16.5. The molecule has 0 aliphatic carbocycles. The van der Waals surface area contributed by atoms with E-state index in [1.165, 1.54) is 7.11 Å². The van der Waals surface area contributed by atoms with Gasteiger partial charge in [0, 0.05) is 12.0 Å². The van der Waals surface area contributed by atoms with Crippen LogP contribution in [0, 0.1) is 17.2 Å². The number of ether oxygens (including phenoxy) is 3. The van der Waals surface area contributed by atoms with Crippen LogP contribution >= 0.6 is 0 Å². The van der Waals surface area contributed by atoms with Crippen molar-refractivity contribution in [3.8, 4) is 17.6 Å². The molecule has 3 rings (SSSR count). The topological polar surface area (TPSA) is 97.7 Å². The Morgan fingerprint density at radius 2 is 1.74 bits per heavy atom. The lowest BCUT2D eigenvalue weighted by Gasteiger charge is -2.23. The van der Waals surface area contributed by atoms with Gasteiger partial charge in [-0.15, -0.1) is 0 Å². The number of nitrogens with one attached hydrogen (secondary N) is 1. The third-order valence-electron chi connectivity index (χ3n) is 6.12. The number of carbonyl (C=O) groups excluding carboxylic acids is 2. The van der Waals surface area contributed by atoms with Crippen LogP contribution in [0.1, 0.15) is 65.3 Å². The molecule has 7 nitrogen and oxygen atoms in total. The van der Waals surface area contributed by atoms with Crippen molar-refractivity contribution in [2.45, 2.75) is 45.8 Å². The molecule has 1 unspecified atom stereocenters. The van der Waals surface area contributed by atoms with Crippen LogP contribution < -0.4 is 14.8 Å². The van der Waals surface area contributed by atoms with Gasteiger partial charge in [-0.2, -0.15) is 5.26 Å². The summed E-state index contributed by atoms with van der Waals surface area (Å²) in [4.78, 5) is 25.5. The number of nitrogens with zero attached hydrogens (tertiary/aromatic N) is 1. The van der Waals surface area contributed by atoms with Crippen molar-refractivity contribution < 1.29 is 23.8 Å². The van der Waals surface area contributed by atoms with Gasteiger partial charge >= 0.3 is 5.97 Å². The monoisotopic (exact) mass is 514 g/mol. The molecule has 0 fully saturated rings. The Balaban J connectivity index is 1.88. The standard InChI is InChI=1S/C31H34N2O5/c1-21(2)15-29(25-8-6-9-26(18-25)36-3)33-31(35)28-17-23(11-12-24(28)13-14-30(34)37-4)20-38-27-10-5-7-22(16-27)19-32/h5-12,16-18,21,29H,13-15,20H2,1-4H3,(H,33,35). The molecular weight excluding hydrogens is 480 g/mol. The highest BCUT2D eigenvalue weighted by Gasteiger charge is 2.21. The Bertz CT molecular complexity index is 1300. The van der Waals surface area contributed by atoms with Crippen molar-refractivity contribution in [2.75, 3.05) is 14.2 Å². The van der Waals surface area contributed by atoms with Crippen molar-refractivity contribution >= 4 is 11.9 Å². The molecule has 198 valence electrons. The largest absolute Gasteiger partial charge is 0.497 e. The molecule has 0 aliphatic rings. The quantitative estimate of drug-likeness (QED) is 0.308. The lowest BCUT2D eigenvalue weighted by atomic mass is 9.95. The molecule has 0 spiro atoms. The van der Waals surface area contributed by atoms with E-state index in [0.29, 0.717) is 29.2 Å². The van der Waals surface area contributed by atoms with Gasteiger partial charge in [-0.1, -0.05) is 44.2 Å². The predicted octanol–water partition coefficient (Wildman–Crippen LogP) is 5.77. The first-order valence-corrected chi connectivity index (χ1v) is 12.6. The maximum Gasteiger partial charge on any atom is 0.305 e. The van der Waals surface area contributed by atoms with Crippen LogP contribution in [-0.4, -0.2) is 26.1 Å². The van der Waals surface area contributed by atoms with Crippen LogP contribution in [0.3, 0.4) is 0 Å². The zero-order valence-electron chi connectivity index (χ0n) is 22.3. The highest BCUT2D eigenvalue weighted by Crippen LogP contribution is 2.26. The lowest BCUT2D eigenvalue weighted by Crippen LogP contribution is -2.30. The Hall–Kier alpha value is -4.31. The summed E-state index contributed by atoms with van der Waals surface area (Å²) in [5.74, 6) is 1.07. The molecule has 38 heavy (non-hydrogen) atoms. The van der Waals surface area contributed by atoms with Crippen molar-refractivity contribution in [2.24, 2.45) is 5.92 Å². The van der Waals surface area contributed by atoms with E-state index in [4.69, 9.17) is 19.5 Å². The fraction of sp³-hybridized carbons (Fsp3) is 0.323. The second-order valence-electron chi connectivity index (χ2n) is 9.43. The zero-order valence-corrected chi connectivity index (χ0v) is 22.3. The second-order valence-corrected chi connectivity index (χ2v) is 9.43. The third-order valence-corrected chi connectivity index (χ3v) is 6.12. The minimum Gasteiger partial charge on any atom is -0.497 e. The molecule has 0 heterocycles. The second kappa shape index (κ2) is 13.8. The molecule has 1 amide bonds. The average molecular weight is 515 g/mol. The molecule has 0 aliphatic heterocycles. The first-order valence-electron chi connectivity index (χ1n) is 12.6. The van der Waals surface area contributed by atoms with Gasteiger partial charge in [0.05, 0.1) is 31.9 Å². The first kappa shape index (κ1) is 28.3. The van der Waals surface area contributed by atoms with Gasteiger partial charge in [0.15, 0.2) is 0 Å². The third kappa shape index (κ3) is 8.10. The maximum atomic E-state index is 13.7. The van der Waals surface area contributed by atoms with E-state index in [2.05, 4.69) is 25.2 Å². The molecule has 0 saturated heterocycles. The Morgan fingerprint density at radius 3 is 2.45 bits per heavy atom. The number of esters is 1. The van der Waals surface area contributed by atoms with E-state index in [0.717, 1.165) is 28.9 Å². The molecule has 3 aromatic rings. The summed E-state index contributed by atoms with van der Waals surface area (Å²) < 4.78 is 16.1. The number of methoxy groups -OCH3 is 2. The number of hydrogen-bond donors (Lipinski definition) is 1. The number of nitriles is 1. The van der Waals surface area contributed by atoms with Gasteiger partial charge in [0.25, 0.3) is 5.91 Å². The number of carbonyl (C=O) groups is 2. The fourth-order valence-electron chi connectivity index (χ4n) is 4.15. The SMILES string of the molecule is COC(=O)CCc1ccc(COc2cccc(C#N)c2)cc1C(=O)NC(CC(C)C)c1cccc(OC)c1. The molecular formula is C31H34N2O5. The van der Waals surface area contributed by atoms with Gasteiger partial charge in [0.2, 0.25) is 0 Å².